The minimum atomic E-state index is -4.51. The molecule has 100 valence electrons. The van der Waals surface area contributed by atoms with Crippen LogP contribution in [0.25, 0.3) is 0 Å². The second kappa shape index (κ2) is 5.05. The van der Waals surface area contributed by atoms with Gasteiger partial charge in [-0.05, 0) is 30.3 Å². The van der Waals surface area contributed by atoms with E-state index in [1.54, 1.807) is 12.1 Å². The van der Waals surface area contributed by atoms with Crippen molar-refractivity contribution in [1.82, 2.24) is 9.78 Å². The van der Waals surface area contributed by atoms with Crippen molar-refractivity contribution < 1.29 is 18.0 Å². The van der Waals surface area contributed by atoms with E-state index < -0.39 is 11.9 Å². The molecule has 1 aromatic carbocycles. The molecule has 0 aliphatic rings. The van der Waals surface area contributed by atoms with Crippen molar-refractivity contribution in [3.05, 3.63) is 52.8 Å². The van der Waals surface area contributed by atoms with Crippen molar-refractivity contribution in [2.24, 2.45) is 0 Å². The Morgan fingerprint density at radius 3 is 2.37 bits per heavy atom. The SMILES string of the molecule is O=C(Cn1ccc(C(F)(F)F)n1)c1ccc(Cl)cc1. The van der Waals surface area contributed by atoms with Crippen LogP contribution in [-0.2, 0) is 12.7 Å². The molecule has 0 fully saturated rings. The molecule has 0 unspecified atom stereocenters. The summed E-state index contributed by atoms with van der Waals surface area (Å²) in [7, 11) is 0. The Morgan fingerprint density at radius 2 is 1.84 bits per heavy atom. The summed E-state index contributed by atoms with van der Waals surface area (Å²) >= 11 is 5.68. The number of benzene rings is 1. The topological polar surface area (TPSA) is 34.9 Å². The Hall–Kier alpha value is -1.82. The van der Waals surface area contributed by atoms with Crippen LogP contribution in [0.4, 0.5) is 13.2 Å². The highest BCUT2D eigenvalue weighted by Crippen LogP contribution is 2.27. The van der Waals surface area contributed by atoms with Crippen molar-refractivity contribution in [3.63, 3.8) is 0 Å². The van der Waals surface area contributed by atoms with Gasteiger partial charge in [-0.25, -0.2) is 0 Å². The predicted octanol–water partition coefficient (Wildman–Crippen LogP) is 3.44. The number of aromatic nitrogens is 2. The monoisotopic (exact) mass is 288 g/mol. The highest BCUT2D eigenvalue weighted by atomic mass is 35.5. The Bertz CT molecular complexity index is 590. The Morgan fingerprint density at radius 1 is 1.21 bits per heavy atom. The van der Waals surface area contributed by atoms with Gasteiger partial charge in [-0.1, -0.05) is 11.6 Å². The van der Waals surface area contributed by atoms with Gasteiger partial charge >= 0.3 is 6.18 Å². The molecule has 2 rings (SSSR count). The molecule has 0 radical (unpaired) electrons. The molecule has 19 heavy (non-hydrogen) atoms. The molecule has 2 aromatic rings. The largest absolute Gasteiger partial charge is 0.435 e. The lowest BCUT2D eigenvalue weighted by molar-refractivity contribution is -0.141. The van der Waals surface area contributed by atoms with E-state index in [1.807, 2.05) is 0 Å². The Labute approximate surface area is 111 Å². The molecule has 0 spiro atoms. The lowest BCUT2D eigenvalue weighted by Crippen LogP contribution is -2.13. The third kappa shape index (κ3) is 3.35. The van der Waals surface area contributed by atoms with E-state index in [0.717, 1.165) is 16.9 Å². The fourth-order valence-corrected chi connectivity index (χ4v) is 1.60. The van der Waals surface area contributed by atoms with Gasteiger partial charge in [0.25, 0.3) is 0 Å². The van der Waals surface area contributed by atoms with Crippen molar-refractivity contribution in [2.45, 2.75) is 12.7 Å². The molecule has 0 atom stereocenters. The number of carbonyl (C=O) groups is 1. The van der Waals surface area contributed by atoms with Crippen LogP contribution in [0.2, 0.25) is 5.02 Å². The fourth-order valence-electron chi connectivity index (χ4n) is 1.48. The second-order valence-corrected chi connectivity index (χ2v) is 4.26. The van der Waals surface area contributed by atoms with Gasteiger partial charge in [-0.2, -0.15) is 18.3 Å². The van der Waals surface area contributed by atoms with Crippen LogP contribution in [0.5, 0.6) is 0 Å². The summed E-state index contributed by atoms with van der Waals surface area (Å²) in [5, 5.41) is 3.79. The van der Waals surface area contributed by atoms with E-state index in [4.69, 9.17) is 11.6 Å². The van der Waals surface area contributed by atoms with Gasteiger partial charge in [0.05, 0.1) is 0 Å². The first-order valence-electron chi connectivity index (χ1n) is 5.26. The fraction of sp³-hybridized carbons (Fsp3) is 0.167. The Balaban J connectivity index is 2.11. The van der Waals surface area contributed by atoms with Gasteiger partial charge in [-0.3, -0.25) is 9.48 Å². The number of hydrogen-bond donors (Lipinski definition) is 0. The average Bonchev–Trinajstić information content (AvgIpc) is 2.78. The highest BCUT2D eigenvalue weighted by molar-refractivity contribution is 6.30. The molecule has 0 saturated carbocycles. The molecule has 3 nitrogen and oxygen atoms in total. The molecule has 0 saturated heterocycles. The third-order valence-corrected chi connectivity index (χ3v) is 2.65. The van der Waals surface area contributed by atoms with E-state index in [2.05, 4.69) is 5.10 Å². The van der Waals surface area contributed by atoms with Crippen molar-refractivity contribution in [2.75, 3.05) is 0 Å². The standard InChI is InChI=1S/C12H8ClF3N2O/c13-9-3-1-8(2-4-9)10(19)7-18-6-5-11(17-18)12(14,15)16/h1-6H,7H2. The van der Waals surface area contributed by atoms with E-state index in [1.165, 1.54) is 12.1 Å². The van der Waals surface area contributed by atoms with Gasteiger partial charge in [0.2, 0.25) is 0 Å². The predicted molar refractivity (Wildman–Crippen MR) is 63.0 cm³/mol. The van der Waals surface area contributed by atoms with Gasteiger partial charge in [0.1, 0.15) is 6.54 Å². The minimum Gasteiger partial charge on any atom is -0.292 e. The maximum Gasteiger partial charge on any atom is 0.435 e. The molecule has 0 aliphatic carbocycles. The number of halogens is 4. The summed E-state index contributed by atoms with van der Waals surface area (Å²) in [6.45, 7) is -0.252. The molecule has 1 aromatic heterocycles. The van der Waals surface area contributed by atoms with Gasteiger partial charge < -0.3 is 0 Å². The van der Waals surface area contributed by atoms with E-state index in [-0.39, 0.29) is 12.3 Å². The number of ketones is 1. The number of hydrogen-bond acceptors (Lipinski definition) is 2. The average molecular weight is 289 g/mol. The van der Waals surface area contributed by atoms with Gasteiger partial charge in [0.15, 0.2) is 11.5 Å². The summed E-state index contributed by atoms with van der Waals surface area (Å²) in [6.07, 6.45) is -3.38. The first-order chi connectivity index (χ1) is 8.86. The molecule has 0 aliphatic heterocycles. The third-order valence-electron chi connectivity index (χ3n) is 2.40. The smallest absolute Gasteiger partial charge is 0.292 e. The van der Waals surface area contributed by atoms with Crippen LogP contribution >= 0.6 is 11.6 Å². The lowest BCUT2D eigenvalue weighted by atomic mass is 10.1. The number of Topliss-reactive ketones (excluding diaryl/α,β-unsaturated/α-hetero) is 1. The Kier molecular flexibility index (Phi) is 3.61. The van der Waals surface area contributed by atoms with Crippen LogP contribution in [0.1, 0.15) is 16.1 Å². The molecule has 0 bridgehead atoms. The summed E-state index contributed by atoms with van der Waals surface area (Å²) in [5.74, 6) is -0.339. The van der Waals surface area contributed by atoms with Gasteiger partial charge in [-0.15, -0.1) is 0 Å². The van der Waals surface area contributed by atoms with Gasteiger partial charge in [0, 0.05) is 16.8 Å². The number of carbonyl (C=O) groups excluding carboxylic acids is 1. The summed E-state index contributed by atoms with van der Waals surface area (Å²) < 4.78 is 37.9. The zero-order chi connectivity index (χ0) is 14.0. The maximum absolute atomic E-state index is 12.3. The van der Waals surface area contributed by atoms with Crippen molar-refractivity contribution in [3.8, 4) is 0 Å². The van der Waals surface area contributed by atoms with Crippen molar-refractivity contribution >= 4 is 17.4 Å². The van der Waals surface area contributed by atoms with Crippen LogP contribution in [-0.4, -0.2) is 15.6 Å². The zero-order valence-electron chi connectivity index (χ0n) is 9.49. The molecule has 0 amide bonds. The van der Waals surface area contributed by atoms with Crippen LogP contribution < -0.4 is 0 Å². The summed E-state index contributed by atoms with van der Waals surface area (Å²) in [5.41, 5.74) is -0.648. The number of nitrogens with zero attached hydrogens (tertiary/aromatic N) is 2. The minimum absolute atomic E-state index is 0.252. The first-order valence-corrected chi connectivity index (χ1v) is 5.63. The molecule has 7 heteroatoms. The second-order valence-electron chi connectivity index (χ2n) is 3.83. The normalized spacial score (nSPS) is 11.6. The maximum atomic E-state index is 12.3. The van der Waals surface area contributed by atoms with E-state index >= 15 is 0 Å². The molecule has 0 N–H and O–H groups in total. The van der Waals surface area contributed by atoms with Crippen LogP contribution in [0.3, 0.4) is 0 Å². The summed E-state index contributed by atoms with van der Waals surface area (Å²) in [6, 6.07) is 6.94. The number of alkyl halides is 3. The summed E-state index contributed by atoms with van der Waals surface area (Å²) in [4.78, 5) is 11.8. The molecular weight excluding hydrogens is 281 g/mol. The first kappa shape index (κ1) is 13.6. The molecule has 1 heterocycles. The quantitative estimate of drug-likeness (QED) is 0.811. The van der Waals surface area contributed by atoms with E-state index in [9.17, 15) is 18.0 Å². The van der Waals surface area contributed by atoms with E-state index in [0.29, 0.717) is 10.6 Å². The molecular formula is C12H8ClF3N2O. The zero-order valence-corrected chi connectivity index (χ0v) is 10.2. The number of rotatable bonds is 3. The lowest BCUT2D eigenvalue weighted by Gasteiger charge is -2.03. The van der Waals surface area contributed by atoms with Crippen LogP contribution in [0, 0.1) is 0 Å². The van der Waals surface area contributed by atoms with Crippen LogP contribution in [0.15, 0.2) is 36.5 Å². The van der Waals surface area contributed by atoms with Crippen molar-refractivity contribution in [1.29, 1.82) is 0 Å². The highest BCUT2D eigenvalue weighted by Gasteiger charge is 2.33.